The second kappa shape index (κ2) is 7.10. The molecule has 28 heavy (non-hydrogen) atoms. The number of nitrogens with one attached hydrogen (secondary N) is 1. The lowest BCUT2D eigenvalue weighted by Crippen LogP contribution is -2.38. The van der Waals surface area contributed by atoms with Crippen LogP contribution < -0.4 is 5.32 Å². The van der Waals surface area contributed by atoms with E-state index >= 15 is 0 Å². The van der Waals surface area contributed by atoms with Crippen LogP contribution in [0.15, 0.2) is 30.3 Å². The highest BCUT2D eigenvalue weighted by molar-refractivity contribution is 7.14. The number of amides is 1. The molecule has 5 rings (SSSR count). The molecule has 0 radical (unpaired) electrons. The van der Waals surface area contributed by atoms with Crippen LogP contribution in [0.3, 0.4) is 0 Å². The van der Waals surface area contributed by atoms with E-state index in [1.54, 1.807) is 23.5 Å². The molecule has 0 spiro atoms. The van der Waals surface area contributed by atoms with Crippen LogP contribution in [0.25, 0.3) is 0 Å². The summed E-state index contributed by atoms with van der Waals surface area (Å²) in [6.07, 6.45) is 1.39. The largest absolute Gasteiger partial charge is 0.329 e. The number of fused-ring (bicyclic) bond motifs is 2. The van der Waals surface area contributed by atoms with E-state index in [2.05, 4.69) is 15.5 Å². The zero-order chi connectivity index (χ0) is 19.1. The average Bonchev–Trinajstić information content (AvgIpc) is 3.33. The van der Waals surface area contributed by atoms with E-state index in [0.29, 0.717) is 31.6 Å². The third-order valence-electron chi connectivity index (χ3n) is 5.38. The van der Waals surface area contributed by atoms with Crippen molar-refractivity contribution >= 4 is 17.2 Å². The van der Waals surface area contributed by atoms with E-state index in [9.17, 15) is 9.18 Å². The van der Waals surface area contributed by atoms with Crippen LogP contribution in [-0.2, 0) is 32.5 Å². The van der Waals surface area contributed by atoms with Gasteiger partial charge in [0.2, 0.25) is 0 Å². The number of aromatic nitrogens is 3. The summed E-state index contributed by atoms with van der Waals surface area (Å²) in [5.74, 6) is 1.33. The SMILES string of the molecule is O=C(c1cc2c(s1)CCNC2)N1CCn2c(Cc3ccccc3F)nnc2C1. The molecule has 2 aliphatic rings. The molecule has 144 valence electrons. The maximum atomic E-state index is 14.0. The Kier molecular flexibility index (Phi) is 4.44. The first-order valence-electron chi connectivity index (χ1n) is 9.45. The number of thiophene rings is 1. The van der Waals surface area contributed by atoms with E-state index in [1.807, 2.05) is 21.6 Å². The molecule has 2 aromatic heterocycles. The highest BCUT2D eigenvalue weighted by Crippen LogP contribution is 2.27. The van der Waals surface area contributed by atoms with Crippen molar-refractivity contribution in [3.63, 3.8) is 0 Å². The zero-order valence-corrected chi connectivity index (χ0v) is 16.1. The normalized spacial score (nSPS) is 16.0. The molecule has 1 amide bonds. The summed E-state index contributed by atoms with van der Waals surface area (Å²) in [7, 11) is 0. The summed E-state index contributed by atoms with van der Waals surface area (Å²) in [5, 5.41) is 11.9. The number of hydrogen-bond donors (Lipinski definition) is 1. The number of benzene rings is 1. The molecule has 3 aromatic rings. The highest BCUT2D eigenvalue weighted by atomic mass is 32.1. The lowest BCUT2D eigenvalue weighted by atomic mass is 10.1. The first-order valence-corrected chi connectivity index (χ1v) is 10.3. The Morgan fingerprint density at radius 3 is 3.00 bits per heavy atom. The smallest absolute Gasteiger partial charge is 0.264 e. The molecule has 0 unspecified atom stereocenters. The Bertz CT molecular complexity index is 1020. The van der Waals surface area contributed by atoms with Crippen molar-refractivity contribution in [2.45, 2.75) is 32.5 Å². The van der Waals surface area contributed by atoms with Gasteiger partial charge in [0.25, 0.3) is 5.91 Å². The van der Waals surface area contributed by atoms with Gasteiger partial charge in [-0.05, 0) is 29.7 Å². The lowest BCUT2D eigenvalue weighted by Gasteiger charge is -2.27. The molecule has 0 saturated heterocycles. The standard InChI is InChI=1S/C20H20FN5OS/c21-15-4-2-1-3-13(15)10-18-23-24-19-12-25(7-8-26(18)19)20(27)17-9-14-11-22-6-5-16(14)28-17/h1-4,9,22H,5-8,10-12H2. The van der Waals surface area contributed by atoms with Gasteiger partial charge in [-0.1, -0.05) is 18.2 Å². The number of nitrogens with zero attached hydrogens (tertiary/aromatic N) is 4. The predicted octanol–water partition coefficient (Wildman–Crippen LogP) is 2.37. The van der Waals surface area contributed by atoms with Gasteiger partial charge in [0.05, 0.1) is 11.4 Å². The van der Waals surface area contributed by atoms with Crippen LogP contribution in [0.4, 0.5) is 4.39 Å². The number of hydrogen-bond acceptors (Lipinski definition) is 5. The molecule has 0 fully saturated rings. The Morgan fingerprint density at radius 1 is 1.25 bits per heavy atom. The molecule has 0 bridgehead atoms. The molecular weight excluding hydrogens is 377 g/mol. The van der Waals surface area contributed by atoms with Crippen molar-refractivity contribution < 1.29 is 9.18 Å². The van der Waals surface area contributed by atoms with Gasteiger partial charge >= 0.3 is 0 Å². The van der Waals surface area contributed by atoms with Gasteiger partial charge in [0, 0.05) is 37.5 Å². The van der Waals surface area contributed by atoms with Gasteiger partial charge < -0.3 is 14.8 Å². The van der Waals surface area contributed by atoms with Crippen LogP contribution in [-0.4, -0.2) is 38.7 Å². The van der Waals surface area contributed by atoms with Crippen molar-refractivity contribution in [1.82, 2.24) is 25.0 Å². The fourth-order valence-electron chi connectivity index (χ4n) is 3.85. The molecule has 0 aliphatic carbocycles. The van der Waals surface area contributed by atoms with Gasteiger partial charge in [-0.2, -0.15) is 0 Å². The van der Waals surface area contributed by atoms with Gasteiger partial charge in [-0.15, -0.1) is 21.5 Å². The second-order valence-electron chi connectivity index (χ2n) is 7.16. The Hall–Kier alpha value is -2.58. The highest BCUT2D eigenvalue weighted by Gasteiger charge is 2.27. The topological polar surface area (TPSA) is 63.1 Å². The summed E-state index contributed by atoms with van der Waals surface area (Å²) >= 11 is 1.61. The molecule has 2 aliphatic heterocycles. The minimum atomic E-state index is -0.233. The van der Waals surface area contributed by atoms with Crippen molar-refractivity contribution in [2.75, 3.05) is 13.1 Å². The van der Waals surface area contributed by atoms with Crippen molar-refractivity contribution in [3.8, 4) is 0 Å². The second-order valence-corrected chi connectivity index (χ2v) is 8.30. The number of rotatable bonds is 3. The number of halogens is 1. The van der Waals surface area contributed by atoms with Crippen molar-refractivity contribution in [1.29, 1.82) is 0 Å². The maximum absolute atomic E-state index is 14.0. The van der Waals surface area contributed by atoms with E-state index in [0.717, 1.165) is 36.0 Å². The van der Waals surface area contributed by atoms with Gasteiger partial charge in [-0.25, -0.2) is 4.39 Å². The molecule has 0 saturated carbocycles. The first-order chi connectivity index (χ1) is 13.7. The minimum absolute atomic E-state index is 0.0595. The molecule has 1 N–H and O–H groups in total. The lowest BCUT2D eigenvalue weighted by molar-refractivity contribution is 0.0711. The molecule has 0 atom stereocenters. The van der Waals surface area contributed by atoms with Crippen molar-refractivity contribution in [2.24, 2.45) is 0 Å². The number of carbonyl (C=O) groups excluding carboxylic acids is 1. The first kappa shape index (κ1) is 17.5. The van der Waals surface area contributed by atoms with Crippen molar-refractivity contribution in [3.05, 3.63) is 68.7 Å². The minimum Gasteiger partial charge on any atom is -0.329 e. The Labute approximate surface area is 166 Å². The predicted molar refractivity (Wildman–Crippen MR) is 104 cm³/mol. The quantitative estimate of drug-likeness (QED) is 0.737. The maximum Gasteiger partial charge on any atom is 0.264 e. The third-order valence-corrected chi connectivity index (χ3v) is 6.60. The number of carbonyl (C=O) groups is 1. The van der Waals surface area contributed by atoms with Crippen LogP contribution >= 0.6 is 11.3 Å². The fraction of sp³-hybridized carbons (Fsp3) is 0.350. The Morgan fingerprint density at radius 2 is 2.14 bits per heavy atom. The van der Waals surface area contributed by atoms with Crippen LogP contribution in [0.2, 0.25) is 0 Å². The zero-order valence-electron chi connectivity index (χ0n) is 15.3. The summed E-state index contributed by atoms with van der Waals surface area (Å²) in [4.78, 5) is 16.9. The molecule has 4 heterocycles. The van der Waals surface area contributed by atoms with Gasteiger partial charge in [0.1, 0.15) is 11.6 Å². The van der Waals surface area contributed by atoms with Gasteiger partial charge in [-0.3, -0.25) is 4.79 Å². The van der Waals surface area contributed by atoms with E-state index in [-0.39, 0.29) is 11.7 Å². The van der Waals surface area contributed by atoms with Crippen LogP contribution in [0.5, 0.6) is 0 Å². The van der Waals surface area contributed by atoms with E-state index < -0.39 is 0 Å². The average molecular weight is 397 g/mol. The fourth-order valence-corrected chi connectivity index (χ4v) is 5.00. The molecule has 1 aromatic carbocycles. The van der Waals surface area contributed by atoms with Gasteiger partial charge in [0.15, 0.2) is 5.82 Å². The summed E-state index contributed by atoms with van der Waals surface area (Å²) in [5.41, 5.74) is 1.85. The monoisotopic (exact) mass is 397 g/mol. The third kappa shape index (κ3) is 3.12. The molecule has 8 heteroatoms. The molecule has 6 nitrogen and oxygen atoms in total. The van der Waals surface area contributed by atoms with Crippen LogP contribution in [0.1, 0.15) is 37.3 Å². The summed E-state index contributed by atoms with van der Waals surface area (Å²) < 4.78 is 16.0. The summed E-state index contributed by atoms with van der Waals surface area (Å²) in [6, 6.07) is 8.75. The van der Waals surface area contributed by atoms with Crippen LogP contribution in [0, 0.1) is 5.82 Å². The Balaban J connectivity index is 1.33. The molecular formula is C20H20FN5OS. The van der Waals surface area contributed by atoms with E-state index in [1.165, 1.54) is 16.5 Å². The summed E-state index contributed by atoms with van der Waals surface area (Å²) in [6.45, 7) is 3.48. The van der Waals surface area contributed by atoms with E-state index in [4.69, 9.17) is 0 Å².